The van der Waals surface area contributed by atoms with E-state index in [4.69, 9.17) is 0 Å². The molecule has 1 aliphatic rings. The molecule has 1 fully saturated rings. The summed E-state index contributed by atoms with van der Waals surface area (Å²) < 4.78 is 30.8. The second kappa shape index (κ2) is 10.2. The minimum Gasteiger partial charge on any atom is -0.301 e. The number of rotatable bonds is 8. The van der Waals surface area contributed by atoms with Gasteiger partial charge in [0.2, 0.25) is 0 Å². The fraction of sp³-hybridized carbons (Fsp3) is 0.364. The number of piperidine rings is 1. The lowest BCUT2D eigenvalue weighted by molar-refractivity contribution is -0.385. The van der Waals surface area contributed by atoms with E-state index < -0.39 is 14.9 Å². The van der Waals surface area contributed by atoms with Crippen LogP contribution in [0.1, 0.15) is 30.4 Å². The average molecular weight is 549 g/mol. The molecule has 180 valence electrons. The van der Waals surface area contributed by atoms with E-state index in [1.807, 2.05) is 12.1 Å². The highest BCUT2D eigenvalue weighted by atomic mass is 79.9. The van der Waals surface area contributed by atoms with E-state index in [9.17, 15) is 18.5 Å². The molecule has 0 aliphatic carbocycles. The van der Waals surface area contributed by atoms with Gasteiger partial charge in [0, 0.05) is 34.9 Å². The Bertz CT molecular complexity index is 1330. The number of nitro groups is 1. The zero-order valence-electron chi connectivity index (χ0n) is 18.7. The molecule has 0 bridgehead atoms. The van der Waals surface area contributed by atoms with Crippen molar-refractivity contribution < 1.29 is 13.3 Å². The van der Waals surface area contributed by atoms with E-state index in [0.717, 1.165) is 46.4 Å². The molecular weight excluding hydrogens is 524 g/mol. The second-order valence-corrected chi connectivity index (χ2v) is 10.9. The number of benzene rings is 1. The molecule has 0 amide bonds. The van der Waals surface area contributed by atoms with Gasteiger partial charge in [0.25, 0.3) is 15.7 Å². The molecular formula is C22H25BrN6O4S. The molecule has 1 aromatic carbocycles. The van der Waals surface area contributed by atoms with Crippen LogP contribution in [0.5, 0.6) is 0 Å². The number of likely N-dealkylation sites (tertiary alicyclic amines) is 1. The van der Waals surface area contributed by atoms with Gasteiger partial charge in [0.05, 0.1) is 34.3 Å². The third-order valence-electron chi connectivity index (χ3n) is 5.83. The van der Waals surface area contributed by atoms with Crippen LogP contribution in [0.15, 0.2) is 57.2 Å². The Hall–Kier alpha value is -2.83. The Kier molecular flexibility index (Phi) is 7.29. The van der Waals surface area contributed by atoms with Gasteiger partial charge in [-0.15, -0.1) is 0 Å². The number of aromatic nitrogens is 2. The number of halogens is 1. The summed E-state index contributed by atoms with van der Waals surface area (Å²) in [5.74, 6) is 0. The molecule has 2 aromatic heterocycles. The van der Waals surface area contributed by atoms with Crippen LogP contribution in [0.25, 0.3) is 5.52 Å². The first-order valence-corrected chi connectivity index (χ1v) is 13.2. The van der Waals surface area contributed by atoms with Crippen molar-refractivity contribution >= 4 is 43.4 Å². The van der Waals surface area contributed by atoms with Crippen molar-refractivity contribution in [2.24, 2.45) is 5.10 Å². The summed E-state index contributed by atoms with van der Waals surface area (Å²) >= 11 is 3.44. The number of hydrazone groups is 1. The highest BCUT2D eigenvalue weighted by molar-refractivity contribution is 9.10. The van der Waals surface area contributed by atoms with Crippen LogP contribution in [0.3, 0.4) is 0 Å². The minimum absolute atomic E-state index is 0.125. The van der Waals surface area contributed by atoms with Gasteiger partial charge in [0.15, 0.2) is 0 Å². The average Bonchev–Trinajstić information content (AvgIpc) is 3.21. The van der Waals surface area contributed by atoms with Gasteiger partial charge in [0.1, 0.15) is 0 Å². The summed E-state index contributed by atoms with van der Waals surface area (Å²) in [7, 11) is -4.14. The SMILES string of the molecule is Cc1ccc([N+](=O)[O-])cc1S(=O)(=O)N(CCN1CCCCC1)/N=C\c1cnn2ccc(Br)cc12. The van der Waals surface area contributed by atoms with Gasteiger partial charge in [-0.2, -0.15) is 23.0 Å². The van der Waals surface area contributed by atoms with Crippen molar-refractivity contribution in [3.05, 3.63) is 68.4 Å². The van der Waals surface area contributed by atoms with Crippen molar-refractivity contribution in [3.63, 3.8) is 0 Å². The normalized spacial score (nSPS) is 15.2. The van der Waals surface area contributed by atoms with Gasteiger partial charge >= 0.3 is 0 Å². The molecule has 1 aliphatic heterocycles. The minimum atomic E-state index is -4.14. The lowest BCUT2D eigenvalue weighted by atomic mass is 10.1. The molecule has 0 N–H and O–H groups in total. The molecule has 0 atom stereocenters. The van der Waals surface area contributed by atoms with Crippen LogP contribution >= 0.6 is 15.9 Å². The molecule has 10 nitrogen and oxygen atoms in total. The number of nitro benzene ring substituents is 1. The third-order valence-corrected chi connectivity index (χ3v) is 8.15. The number of pyridine rings is 1. The lowest BCUT2D eigenvalue weighted by Gasteiger charge is -2.28. The van der Waals surface area contributed by atoms with Gasteiger partial charge in [-0.05, 0) is 50.6 Å². The topological polar surface area (TPSA) is 113 Å². The first-order valence-electron chi connectivity index (χ1n) is 10.9. The largest absolute Gasteiger partial charge is 0.301 e. The van der Waals surface area contributed by atoms with E-state index in [0.29, 0.717) is 17.7 Å². The van der Waals surface area contributed by atoms with E-state index in [-0.39, 0.29) is 17.1 Å². The van der Waals surface area contributed by atoms with Crippen LogP contribution in [-0.2, 0) is 10.0 Å². The molecule has 34 heavy (non-hydrogen) atoms. The van der Waals surface area contributed by atoms with Gasteiger partial charge in [-0.3, -0.25) is 10.1 Å². The number of nitrogens with zero attached hydrogens (tertiary/aromatic N) is 6. The van der Waals surface area contributed by atoms with Crippen LogP contribution < -0.4 is 0 Å². The predicted octanol–water partition coefficient (Wildman–Crippen LogP) is 3.82. The number of sulfonamides is 1. The monoisotopic (exact) mass is 548 g/mol. The molecule has 0 unspecified atom stereocenters. The summed E-state index contributed by atoms with van der Waals surface area (Å²) in [6.45, 7) is 4.09. The summed E-state index contributed by atoms with van der Waals surface area (Å²) in [5, 5.41) is 19.9. The maximum absolute atomic E-state index is 13.6. The summed E-state index contributed by atoms with van der Waals surface area (Å²) in [5.41, 5.74) is 1.55. The highest BCUT2D eigenvalue weighted by Gasteiger charge is 2.28. The molecule has 0 spiro atoms. The first kappa shape index (κ1) is 24.3. The maximum Gasteiger partial charge on any atom is 0.279 e. The van der Waals surface area contributed by atoms with Crippen molar-refractivity contribution in [3.8, 4) is 0 Å². The van der Waals surface area contributed by atoms with E-state index >= 15 is 0 Å². The Morgan fingerprint density at radius 2 is 2.00 bits per heavy atom. The zero-order valence-corrected chi connectivity index (χ0v) is 21.1. The summed E-state index contributed by atoms with van der Waals surface area (Å²) in [6.07, 6.45) is 8.20. The van der Waals surface area contributed by atoms with Crippen LogP contribution in [0, 0.1) is 17.0 Å². The van der Waals surface area contributed by atoms with Crippen LogP contribution in [-0.4, -0.2) is 64.7 Å². The molecule has 0 radical (unpaired) electrons. The Morgan fingerprint density at radius 3 is 2.74 bits per heavy atom. The maximum atomic E-state index is 13.6. The smallest absolute Gasteiger partial charge is 0.279 e. The highest BCUT2D eigenvalue weighted by Crippen LogP contribution is 2.25. The fourth-order valence-electron chi connectivity index (χ4n) is 3.94. The number of hydrogen-bond donors (Lipinski definition) is 0. The molecule has 0 saturated carbocycles. The number of aryl methyl sites for hydroxylation is 1. The molecule has 12 heteroatoms. The Balaban J connectivity index is 1.69. The number of non-ortho nitro benzene ring substituents is 1. The van der Waals surface area contributed by atoms with E-state index in [1.54, 1.807) is 23.8 Å². The summed E-state index contributed by atoms with van der Waals surface area (Å²) in [6, 6.07) is 7.56. The second-order valence-electron chi connectivity index (χ2n) is 8.18. The van der Waals surface area contributed by atoms with Crippen LogP contribution in [0.4, 0.5) is 5.69 Å². The molecule has 4 rings (SSSR count). The molecule has 3 aromatic rings. The standard InChI is InChI=1S/C22H25BrN6O4S/c1-17-5-6-20(29(30)31)14-22(17)34(32,33)28(12-11-26-8-3-2-4-9-26)25-16-18-15-24-27-10-7-19(23)13-21(18)27/h5-7,10,13-16H,2-4,8-9,11-12H2,1H3/b25-16-. The van der Waals surface area contributed by atoms with Gasteiger partial charge in [-0.1, -0.05) is 28.4 Å². The van der Waals surface area contributed by atoms with Crippen LogP contribution in [0.2, 0.25) is 0 Å². The van der Waals surface area contributed by atoms with E-state index in [2.05, 4.69) is 31.0 Å². The number of fused-ring (bicyclic) bond motifs is 1. The summed E-state index contributed by atoms with van der Waals surface area (Å²) in [4.78, 5) is 12.8. The first-order chi connectivity index (χ1) is 16.3. The van der Waals surface area contributed by atoms with Crippen molar-refractivity contribution in [1.82, 2.24) is 18.9 Å². The van der Waals surface area contributed by atoms with Crippen molar-refractivity contribution in [2.75, 3.05) is 26.2 Å². The van der Waals surface area contributed by atoms with Crippen molar-refractivity contribution in [1.29, 1.82) is 0 Å². The number of hydrogen-bond acceptors (Lipinski definition) is 7. The van der Waals surface area contributed by atoms with Gasteiger partial charge in [-0.25, -0.2) is 4.52 Å². The Morgan fingerprint density at radius 1 is 1.24 bits per heavy atom. The Labute approximate surface area is 206 Å². The zero-order chi connectivity index (χ0) is 24.3. The molecule has 1 saturated heterocycles. The third kappa shape index (κ3) is 5.29. The van der Waals surface area contributed by atoms with Gasteiger partial charge < -0.3 is 4.90 Å². The van der Waals surface area contributed by atoms with Crippen molar-refractivity contribution in [2.45, 2.75) is 31.1 Å². The fourth-order valence-corrected chi connectivity index (χ4v) is 5.74. The molecule has 3 heterocycles. The van der Waals surface area contributed by atoms with E-state index in [1.165, 1.54) is 24.8 Å². The quantitative estimate of drug-likeness (QED) is 0.240. The predicted molar refractivity (Wildman–Crippen MR) is 133 cm³/mol. The lowest BCUT2D eigenvalue weighted by Crippen LogP contribution is -2.38.